The molecule has 1 aliphatic heterocycles. The molecular formula is C21H23FN2O2. The first-order valence-electron chi connectivity index (χ1n) is 8.64. The van der Waals surface area contributed by atoms with Gasteiger partial charge < -0.3 is 14.5 Å². The van der Waals surface area contributed by atoms with Crippen molar-refractivity contribution in [3.8, 4) is 5.75 Å². The third-order valence-corrected chi connectivity index (χ3v) is 4.65. The van der Waals surface area contributed by atoms with Gasteiger partial charge in [0.2, 0.25) is 5.91 Å². The highest BCUT2D eigenvalue weighted by Gasteiger charge is 2.28. The second kappa shape index (κ2) is 8.15. The van der Waals surface area contributed by atoms with Crippen LogP contribution in [-0.2, 0) is 4.79 Å². The average molecular weight is 354 g/mol. The van der Waals surface area contributed by atoms with Crippen LogP contribution in [0.25, 0.3) is 6.08 Å². The van der Waals surface area contributed by atoms with Crippen LogP contribution in [0.1, 0.15) is 17.2 Å². The number of nitrogens with zero attached hydrogens (tertiary/aromatic N) is 2. The summed E-state index contributed by atoms with van der Waals surface area (Å²) >= 11 is 0. The van der Waals surface area contributed by atoms with Crippen LogP contribution in [0, 0.1) is 5.82 Å². The normalized spacial score (nSPS) is 18.3. The van der Waals surface area contributed by atoms with Crippen LogP contribution in [0.4, 0.5) is 4.39 Å². The highest BCUT2D eigenvalue weighted by Crippen LogP contribution is 2.25. The highest BCUT2D eigenvalue weighted by molar-refractivity contribution is 5.92. The first-order chi connectivity index (χ1) is 12.6. The fourth-order valence-corrected chi connectivity index (χ4v) is 3.19. The minimum absolute atomic E-state index is 0.0136. The molecule has 1 aliphatic rings. The van der Waals surface area contributed by atoms with Gasteiger partial charge in [-0.25, -0.2) is 4.39 Å². The molecule has 136 valence electrons. The number of halogens is 1. The Balaban J connectivity index is 1.77. The zero-order valence-electron chi connectivity index (χ0n) is 15.1. The summed E-state index contributed by atoms with van der Waals surface area (Å²) in [6.07, 6.45) is 3.16. The Labute approximate surface area is 153 Å². The molecule has 1 amide bonds. The van der Waals surface area contributed by atoms with E-state index in [1.165, 1.54) is 19.3 Å². The molecule has 0 bridgehead atoms. The van der Waals surface area contributed by atoms with Crippen LogP contribution in [0.5, 0.6) is 5.75 Å². The largest absolute Gasteiger partial charge is 0.494 e. The number of hydrogen-bond acceptors (Lipinski definition) is 3. The molecule has 1 unspecified atom stereocenters. The lowest BCUT2D eigenvalue weighted by Crippen LogP contribution is -2.48. The maximum atomic E-state index is 13.8. The van der Waals surface area contributed by atoms with Crippen molar-refractivity contribution in [3.63, 3.8) is 0 Å². The summed E-state index contributed by atoms with van der Waals surface area (Å²) in [6, 6.07) is 14.7. The van der Waals surface area contributed by atoms with Gasteiger partial charge in [-0.3, -0.25) is 4.79 Å². The number of rotatable bonds is 4. The van der Waals surface area contributed by atoms with E-state index in [1.807, 2.05) is 35.2 Å². The lowest BCUT2D eigenvalue weighted by molar-refractivity contribution is -0.130. The molecule has 1 atom stereocenters. The van der Waals surface area contributed by atoms with E-state index in [-0.39, 0.29) is 17.7 Å². The number of benzene rings is 2. The Hall–Kier alpha value is -2.66. The summed E-state index contributed by atoms with van der Waals surface area (Å²) in [6.45, 7) is 2.29. The van der Waals surface area contributed by atoms with Gasteiger partial charge in [-0.1, -0.05) is 36.4 Å². The van der Waals surface area contributed by atoms with E-state index in [1.54, 1.807) is 18.2 Å². The summed E-state index contributed by atoms with van der Waals surface area (Å²) in [4.78, 5) is 16.9. The summed E-state index contributed by atoms with van der Waals surface area (Å²) in [5.41, 5.74) is 1.75. The van der Waals surface area contributed by atoms with E-state index < -0.39 is 5.82 Å². The summed E-state index contributed by atoms with van der Waals surface area (Å²) < 4.78 is 18.7. The number of hydrogen-bond donors (Lipinski definition) is 0. The molecular weight excluding hydrogens is 331 g/mol. The number of carbonyl (C=O) groups excluding carboxylic acids is 1. The maximum Gasteiger partial charge on any atom is 0.247 e. The zero-order chi connectivity index (χ0) is 18.5. The predicted octanol–water partition coefficient (Wildman–Crippen LogP) is 3.36. The minimum atomic E-state index is -0.441. The molecule has 0 aromatic heterocycles. The van der Waals surface area contributed by atoms with Gasteiger partial charge in [-0.05, 0) is 36.4 Å². The van der Waals surface area contributed by atoms with Crippen LogP contribution in [0.3, 0.4) is 0 Å². The van der Waals surface area contributed by atoms with Crippen LogP contribution in [0.15, 0.2) is 54.6 Å². The van der Waals surface area contributed by atoms with Gasteiger partial charge in [0.15, 0.2) is 11.6 Å². The summed E-state index contributed by atoms with van der Waals surface area (Å²) in [5, 5.41) is 0. The molecule has 0 radical (unpaired) electrons. The van der Waals surface area contributed by atoms with Gasteiger partial charge >= 0.3 is 0 Å². The van der Waals surface area contributed by atoms with Crippen LogP contribution < -0.4 is 4.74 Å². The number of carbonyl (C=O) groups is 1. The maximum absolute atomic E-state index is 13.8. The van der Waals surface area contributed by atoms with E-state index >= 15 is 0 Å². The summed E-state index contributed by atoms with van der Waals surface area (Å²) in [7, 11) is 3.49. The predicted molar refractivity (Wildman–Crippen MR) is 100 cm³/mol. The van der Waals surface area contributed by atoms with Gasteiger partial charge in [0, 0.05) is 25.7 Å². The Kier molecular flexibility index (Phi) is 5.68. The molecule has 5 heteroatoms. The number of ether oxygens (including phenoxy) is 1. The van der Waals surface area contributed by atoms with Crippen molar-refractivity contribution in [3.05, 3.63) is 71.6 Å². The van der Waals surface area contributed by atoms with Crippen molar-refractivity contribution in [2.75, 3.05) is 33.8 Å². The number of methoxy groups -OCH3 is 1. The SMILES string of the molecule is COc1ccc(/C=C/C(=O)N2CCN(C)CC2c2ccccc2)cc1F. The second-order valence-corrected chi connectivity index (χ2v) is 6.45. The van der Waals surface area contributed by atoms with Gasteiger partial charge in [-0.2, -0.15) is 0 Å². The quantitative estimate of drug-likeness (QED) is 0.790. The number of piperazine rings is 1. The highest BCUT2D eigenvalue weighted by atomic mass is 19.1. The van der Waals surface area contributed by atoms with Crippen molar-refractivity contribution >= 4 is 12.0 Å². The van der Waals surface area contributed by atoms with Crippen LogP contribution in [0.2, 0.25) is 0 Å². The smallest absolute Gasteiger partial charge is 0.247 e. The molecule has 0 aliphatic carbocycles. The van der Waals surface area contributed by atoms with Crippen molar-refractivity contribution in [2.45, 2.75) is 6.04 Å². The molecule has 3 rings (SSSR count). The van der Waals surface area contributed by atoms with Crippen molar-refractivity contribution < 1.29 is 13.9 Å². The molecule has 1 fully saturated rings. The fourth-order valence-electron chi connectivity index (χ4n) is 3.19. The van der Waals surface area contributed by atoms with Crippen molar-refractivity contribution in [1.29, 1.82) is 0 Å². The van der Waals surface area contributed by atoms with E-state index in [9.17, 15) is 9.18 Å². The first kappa shape index (κ1) is 18.1. The molecule has 0 saturated carbocycles. The third-order valence-electron chi connectivity index (χ3n) is 4.65. The zero-order valence-corrected chi connectivity index (χ0v) is 15.1. The molecule has 26 heavy (non-hydrogen) atoms. The van der Waals surface area contributed by atoms with E-state index in [4.69, 9.17) is 4.74 Å². The standard InChI is InChI=1S/C21H23FN2O2/c1-23-12-13-24(19(15-23)17-6-4-3-5-7-17)21(25)11-9-16-8-10-20(26-2)18(22)14-16/h3-11,14,19H,12-13,15H2,1-2H3/b11-9+. The second-order valence-electron chi connectivity index (χ2n) is 6.45. The lowest BCUT2D eigenvalue weighted by atomic mass is 10.0. The first-order valence-corrected chi connectivity index (χ1v) is 8.64. The minimum Gasteiger partial charge on any atom is -0.494 e. The lowest BCUT2D eigenvalue weighted by Gasteiger charge is -2.39. The van der Waals surface area contributed by atoms with Gasteiger partial charge in [-0.15, -0.1) is 0 Å². The Morgan fingerprint density at radius 3 is 2.65 bits per heavy atom. The molecule has 2 aromatic rings. The van der Waals surface area contributed by atoms with Crippen molar-refractivity contribution in [2.24, 2.45) is 0 Å². The molecule has 1 heterocycles. The molecule has 0 N–H and O–H groups in total. The van der Waals surface area contributed by atoms with Gasteiger partial charge in [0.05, 0.1) is 13.2 Å². The average Bonchev–Trinajstić information content (AvgIpc) is 2.67. The van der Waals surface area contributed by atoms with E-state index in [0.29, 0.717) is 12.1 Å². The Bertz CT molecular complexity index is 792. The topological polar surface area (TPSA) is 32.8 Å². The Morgan fingerprint density at radius 1 is 1.19 bits per heavy atom. The third kappa shape index (κ3) is 4.11. The summed E-state index contributed by atoms with van der Waals surface area (Å²) in [5.74, 6) is -0.316. The van der Waals surface area contributed by atoms with Crippen LogP contribution in [-0.4, -0.2) is 49.5 Å². The number of amides is 1. The van der Waals surface area contributed by atoms with Gasteiger partial charge in [0.25, 0.3) is 0 Å². The van der Waals surface area contributed by atoms with E-state index in [2.05, 4.69) is 11.9 Å². The molecule has 4 nitrogen and oxygen atoms in total. The van der Waals surface area contributed by atoms with Gasteiger partial charge in [0.1, 0.15) is 0 Å². The van der Waals surface area contributed by atoms with Crippen LogP contribution >= 0.6 is 0 Å². The molecule has 2 aromatic carbocycles. The fraction of sp³-hybridized carbons (Fsp3) is 0.286. The Morgan fingerprint density at radius 2 is 1.96 bits per heavy atom. The molecule has 0 spiro atoms. The number of likely N-dealkylation sites (N-methyl/N-ethyl adjacent to an activating group) is 1. The molecule has 1 saturated heterocycles. The van der Waals surface area contributed by atoms with Crippen molar-refractivity contribution in [1.82, 2.24) is 9.80 Å². The van der Waals surface area contributed by atoms with E-state index in [0.717, 1.165) is 18.7 Å². The monoisotopic (exact) mass is 354 g/mol.